The first-order valence-corrected chi connectivity index (χ1v) is 8.11. The van der Waals surface area contributed by atoms with Crippen molar-refractivity contribution in [2.45, 2.75) is 24.5 Å². The predicted molar refractivity (Wildman–Crippen MR) is 88.6 cm³/mol. The second-order valence-corrected chi connectivity index (χ2v) is 6.04. The van der Waals surface area contributed by atoms with E-state index in [2.05, 4.69) is 0 Å². The summed E-state index contributed by atoms with van der Waals surface area (Å²) in [5, 5.41) is 0.730. The molecule has 21 heavy (non-hydrogen) atoms. The van der Waals surface area contributed by atoms with Crippen LogP contribution in [0.3, 0.4) is 0 Å². The number of thioether (sulfide) groups is 1. The molecule has 0 aliphatic carbocycles. The van der Waals surface area contributed by atoms with Crippen LogP contribution in [0.1, 0.15) is 29.8 Å². The smallest absolute Gasteiger partial charge is 0.159 e. The van der Waals surface area contributed by atoms with Gasteiger partial charge in [-0.25, -0.2) is 0 Å². The molecule has 0 aromatic heterocycles. The first-order chi connectivity index (χ1) is 10.1. The second kappa shape index (κ2) is 7.53. The maximum atomic E-state index is 11.5. The van der Waals surface area contributed by atoms with Crippen LogP contribution < -0.4 is 4.74 Å². The molecule has 0 bridgehead atoms. The van der Waals surface area contributed by atoms with Crippen molar-refractivity contribution in [3.63, 3.8) is 0 Å². The van der Waals surface area contributed by atoms with E-state index in [-0.39, 0.29) is 5.78 Å². The van der Waals surface area contributed by atoms with Crippen LogP contribution >= 0.6 is 23.4 Å². The Morgan fingerprint density at radius 1 is 1.19 bits per heavy atom. The lowest BCUT2D eigenvalue weighted by Crippen LogP contribution is -1.99. The Morgan fingerprint density at radius 2 is 1.90 bits per heavy atom. The van der Waals surface area contributed by atoms with Crippen LogP contribution in [0.15, 0.2) is 47.4 Å². The quantitative estimate of drug-likeness (QED) is 0.538. The highest BCUT2D eigenvalue weighted by Crippen LogP contribution is 2.29. The molecule has 2 rings (SSSR count). The number of benzene rings is 2. The van der Waals surface area contributed by atoms with E-state index in [0.29, 0.717) is 12.2 Å². The Bertz CT molecular complexity index is 623. The average Bonchev–Trinajstić information content (AvgIpc) is 2.48. The van der Waals surface area contributed by atoms with Crippen molar-refractivity contribution in [3.05, 3.63) is 58.6 Å². The molecule has 2 aromatic carbocycles. The maximum absolute atomic E-state index is 11.5. The number of hydrogen-bond donors (Lipinski definition) is 0. The molecular weight excluding hydrogens is 304 g/mol. The monoisotopic (exact) mass is 320 g/mol. The molecule has 0 spiro atoms. The van der Waals surface area contributed by atoms with Crippen LogP contribution in [-0.2, 0) is 5.75 Å². The van der Waals surface area contributed by atoms with Gasteiger partial charge in [-0.05, 0) is 56.3 Å². The van der Waals surface area contributed by atoms with Crippen LogP contribution in [0, 0.1) is 0 Å². The molecular formula is C17H17ClO2S. The molecule has 0 saturated heterocycles. The highest BCUT2D eigenvalue weighted by molar-refractivity contribution is 7.98. The van der Waals surface area contributed by atoms with Gasteiger partial charge >= 0.3 is 0 Å². The van der Waals surface area contributed by atoms with Gasteiger partial charge in [0.2, 0.25) is 0 Å². The molecule has 0 N–H and O–H groups in total. The minimum Gasteiger partial charge on any atom is -0.494 e. The molecule has 110 valence electrons. The third-order valence-electron chi connectivity index (χ3n) is 2.97. The lowest BCUT2D eigenvalue weighted by atomic mass is 10.1. The van der Waals surface area contributed by atoms with Gasteiger partial charge in [-0.15, -0.1) is 11.8 Å². The van der Waals surface area contributed by atoms with Crippen LogP contribution in [0.2, 0.25) is 5.02 Å². The molecule has 2 nitrogen and oxygen atoms in total. The first kappa shape index (κ1) is 15.9. The molecule has 0 fully saturated rings. The molecule has 0 unspecified atom stereocenters. The standard InChI is InChI=1S/C17H17ClO2S/c1-3-20-17-9-4-13(12(2)19)10-14(17)11-21-16-7-5-15(18)6-8-16/h4-10H,3,11H2,1-2H3. The van der Waals surface area contributed by atoms with E-state index in [9.17, 15) is 4.79 Å². The van der Waals surface area contributed by atoms with E-state index in [0.717, 1.165) is 27.0 Å². The van der Waals surface area contributed by atoms with Gasteiger partial charge in [-0.3, -0.25) is 4.79 Å². The lowest BCUT2D eigenvalue weighted by Gasteiger charge is -2.11. The Balaban J connectivity index is 2.17. The van der Waals surface area contributed by atoms with Crippen molar-refractivity contribution in [3.8, 4) is 5.75 Å². The fourth-order valence-electron chi connectivity index (χ4n) is 1.90. The summed E-state index contributed by atoms with van der Waals surface area (Å²) in [4.78, 5) is 12.7. The highest BCUT2D eigenvalue weighted by Gasteiger charge is 2.08. The summed E-state index contributed by atoms with van der Waals surface area (Å²) >= 11 is 7.58. The summed E-state index contributed by atoms with van der Waals surface area (Å²) in [5.74, 6) is 1.65. The van der Waals surface area contributed by atoms with Crippen LogP contribution in [0.5, 0.6) is 5.75 Å². The Morgan fingerprint density at radius 3 is 2.52 bits per heavy atom. The van der Waals surface area contributed by atoms with Crippen molar-refractivity contribution in [1.29, 1.82) is 0 Å². The summed E-state index contributed by atoms with van der Waals surface area (Å²) in [6.07, 6.45) is 0. The van der Waals surface area contributed by atoms with Gasteiger partial charge in [0.25, 0.3) is 0 Å². The van der Waals surface area contributed by atoms with E-state index in [1.54, 1.807) is 18.7 Å². The molecule has 0 amide bonds. The van der Waals surface area contributed by atoms with Crippen LogP contribution in [0.4, 0.5) is 0 Å². The normalized spacial score (nSPS) is 10.4. The van der Waals surface area contributed by atoms with Gasteiger partial charge in [-0.2, -0.15) is 0 Å². The van der Waals surface area contributed by atoms with Crippen molar-refractivity contribution >= 4 is 29.1 Å². The summed E-state index contributed by atoms with van der Waals surface area (Å²) in [6.45, 7) is 4.14. The van der Waals surface area contributed by atoms with Gasteiger partial charge in [0.15, 0.2) is 5.78 Å². The minimum absolute atomic E-state index is 0.0655. The largest absolute Gasteiger partial charge is 0.494 e. The van der Waals surface area contributed by atoms with Crippen molar-refractivity contribution < 1.29 is 9.53 Å². The Hall–Kier alpha value is -1.45. The van der Waals surface area contributed by atoms with E-state index in [1.807, 2.05) is 49.4 Å². The number of halogens is 1. The van der Waals surface area contributed by atoms with E-state index in [1.165, 1.54) is 0 Å². The number of carbonyl (C=O) groups is 1. The van der Waals surface area contributed by atoms with Gasteiger partial charge in [0.05, 0.1) is 6.61 Å². The second-order valence-electron chi connectivity index (χ2n) is 4.55. The zero-order valence-corrected chi connectivity index (χ0v) is 13.6. The molecule has 0 saturated carbocycles. The van der Waals surface area contributed by atoms with Gasteiger partial charge in [0.1, 0.15) is 5.75 Å². The van der Waals surface area contributed by atoms with Gasteiger partial charge in [0, 0.05) is 26.8 Å². The van der Waals surface area contributed by atoms with Crippen molar-refractivity contribution in [2.24, 2.45) is 0 Å². The molecule has 4 heteroatoms. The minimum atomic E-state index is 0.0655. The fourth-order valence-corrected chi connectivity index (χ4v) is 2.90. The van der Waals surface area contributed by atoms with Crippen LogP contribution in [0.25, 0.3) is 0 Å². The van der Waals surface area contributed by atoms with Crippen molar-refractivity contribution in [2.75, 3.05) is 6.61 Å². The number of hydrogen-bond acceptors (Lipinski definition) is 3. The van der Waals surface area contributed by atoms with Gasteiger partial charge in [-0.1, -0.05) is 11.6 Å². The molecule has 0 atom stereocenters. The van der Waals surface area contributed by atoms with Crippen LogP contribution in [-0.4, -0.2) is 12.4 Å². The SMILES string of the molecule is CCOc1ccc(C(C)=O)cc1CSc1ccc(Cl)cc1. The number of carbonyl (C=O) groups excluding carboxylic acids is 1. The van der Waals surface area contributed by atoms with E-state index in [4.69, 9.17) is 16.3 Å². The average molecular weight is 321 g/mol. The fraction of sp³-hybridized carbons (Fsp3) is 0.235. The highest BCUT2D eigenvalue weighted by atomic mass is 35.5. The Labute approximate surface area is 134 Å². The summed E-state index contributed by atoms with van der Waals surface area (Å²) < 4.78 is 5.63. The molecule has 2 aromatic rings. The molecule has 0 radical (unpaired) electrons. The predicted octanol–water partition coefficient (Wildman–Crippen LogP) is 5.23. The zero-order chi connectivity index (χ0) is 15.2. The molecule has 0 aliphatic heterocycles. The number of ether oxygens (including phenoxy) is 1. The van der Waals surface area contributed by atoms with Crippen molar-refractivity contribution in [1.82, 2.24) is 0 Å². The molecule has 0 aliphatic rings. The van der Waals surface area contributed by atoms with Gasteiger partial charge < -0.3 is 4.74 Å². The third kappa shape index (κ3) is 4.51. The third-order valence-corrected chi connectivity index (χ3v) is 4.29. The summed E-state index contributed by atoms with van der Waals surface area (Å²) in [5.41, 5.74) is 1.75. The number of Topliss-reactive ketones (excluding diaryl/α,β-unsaturated/α-hetero) is 1. The zero-order valence-electron chi connectivity index (χ0n) is 12.1. The summed E-state index contributed by atoms with van der Waals surface area (Å²) in [6, 6.07) is 13.3. The summed E-state index contributed by atoms with van der Waals surface area (Å²) in [7, 11) is 0. The maximum Gasteiger partial charge on any atom is 0.159 e. The topological polar surface area (TPSA) is 26.3 Å². The van der Waals surface area contributed by atoms with E-state index < -0.39 is 0 Å². The molecule has 0 heterocycles. The first-order valence-electron chi connectivity index (χ1n) is 6.75. The lowest BCUT2D eigenvalue weighted by molar-refractivity contribution is 0.101. The van der Waals surface area contributed by atoms with E-state index >= 15 is 0 Å². The number of ketones is 1. The number of rotatable bonds is 6. The Kier molecular flexibility index (Phi) is 5.71.